The molecule has 118 valence electrons. The van der Waals surface area contributed by atoms with E-state index in [1.54, 1.807) is 0 Å². The minimum atomic E-state index is -4.59. The van der Waals surface area contributed by atoms with Crippen LogP contribution >= 0.6 is 11.8 Å². The first kappa shape index (κ1) is 16.6. The average molecular weight is 338 g/mol. The lowest BCUT2D eigenvalue weighted by molar-refractivity contribution is -0.141. The van der Waals surface area contributed by atoms with Crippen molar-refractivity contribution in [2.45, 2.75) is 23.3 Å². The summed E-state index contributed by atoms with van der Waals surface area (Å²) >= 11 is 0.834. The Kier molecular flexibility index (Phi) is 4.64. The predicted molar refractivity (Wildman–Crippen MR) is 68.0 cm³/mol. The molecule has 0 fully saturated rings. The summed E-state index contributed by atoms with van der Waals surface area (Å²) in [6.45, 7) is 0. The van der Waals surface area contributed by atoms with E-state index in [1.807, 2.05) is 0 Å². The van der Waals surface area contributed by atoms with Crippen LogP contribution in [-0.2, 0) is 18.1 Å². The minimum Gasteiger partial charge on any atom is -0.231 e. The van der Waals surface area contributed by atoms with E-state index in [9.17, 15) is 26.3 Å². The van der Waals surface area contributed by atoms with Crippen molar-refractivity contribution in [3.8, 4) is 0 Å². The van der Waals surface area contributed by atoms with E-state index >= 15 is 0 Å². The molecule has 0 atom stereocenters. The first-order valence-electron chi connectivity index (χ1n) is 5.85. The van der Waals surface area contributed by atoms with Gasteiger partial charge in [-0.1, -0.05) is 30.0 Å². The van der Waals surface area contributed by atoms with Crippen LogP contribution in [0.5, 0.6) is 0 Å². The fourth-order valence-corrected chi connectivity index (χ4v) is 2.33. The fourth-order valence-electron chi connectivity index (χ4n) is 1.55. The van der Waals surface area contributed by atoms with Gasteiger partial charge in [0.1, 0.15) is 5.69 Å². The smallest absolute Gasteiger partial charge is 0.231 e. The number of thioether (sulfide) groups is 1. The summed E-state index contributed by atoms with van der Waals surface area (Å²) in [5.74, 6) is 0.0330. The van der Waals surface area contributed by atoms with E-state index in [2.05, 4.69) is 9.97 Å². The summed E-state index contributed by atoms with van der Waals surface area (Å²) in [4.78, 5) is 7.00. The van der Waals surface area contributed by atoms with Crippen molar-refractivity contribution in [2.24, 2.45) is 0 Å². The SMILES string of the molecule is FC(F)(F)c1cccc(CSc2nccc(C(F)(F)F)n2)c1. The summed E-state index contributed by atoms with van der Waals surface area (Å²) in [6, 6.07) is 5.30. The fraction of sp³-hybridized carbons (Fsp3) is 0.231. The molecule has 0 spiro atoms. The lowest BCUT2D eigenvalue weighted by atomic mass is 10.1. The van der Waals surface area contributed by atoms with Crippen LogP contribution in [0.15, 0.2) is 41.7 Å². The number of nitrogens with zero attached hydrogens (tertiary/aromatic N) is 2. The first-order valence-corrected chi connectivity index (χ1v) is 6.84. The monoisotopic (exact) mass is 338 g/mol. The summed E-state index contributed by atoms with van der Waals surface area (Å²) in [5.41, 5.74) is -1.58. The Morgan fingerprint density at radius 2 is 1.68 bits per heavy atom. The Bertz CT molecular complexity index is 596. The normalized spacial score (nSPS) is 12.5. The van der Waals surface area contributed by atoms with Crippen molar-refractivity contribution < 1.29 is 26.3 Å². The van der Waals surface area contributed by atoms with Gasteiger partial charge in [0.25, 0.3) is 0 Å². The molecule has 0 amide bonds. The number of hydrogen-bond donors (Lipinski definition) is 0. The van der Waals surface area contributed by atoms with Crippen molar-refractivity contribution >= 4 is 11.8 Å². The molecular weight excluding hydrogens is 330 g/mol. The lowest BCUT2D eigenvalue weighted by Gasteiger charge is -2.09. The molecule has 22 heavy (non-hydrogen) atoms. The molecule has 1 heterocycles. The van der Waals surface area contributed by atoms with Gasteiger partial charge < -0.3 is 0 Å². The molecule has 0 aliphatic heterocycles. The van der Waals surface area contributed by atoms with Crippen LogP contribution in [0.1, 0.15) is 16.8 Å². The molecule has 0 unspecified atom stereocenters. The van der Waals surface area contributed by atoms with Gasteiger partial charge in [-0.25, -0.2) is 9.97 Å². The van der Waals surface area contributed by atoms with Crippen LogP contribution < -0.4 is 0 Å². The number of halogens is 6. The van der Waals surface area contributed by atoms with Gasteiger partial charge in [-0.15, -0.1) is 0 Å². The van der Waals surface area contributed by atoms with Crippen LogP contribution in [0.25, 0.3) is 0 Å². The van der Waals surface area contributed by atoms with E-state index in [0.29, 0.717) is 5.56 Å². The van der Waals surface area contributed by atoms with Gasteiger partial charge in [0.05, 0.1) is 5.56 Å². The zero-order valence-corrected chi connectivity index (χ0v) is 11.6. The van der Waals surface area contributed by atoms with Gasteiger partial charge in [0.15, 0.2) is 5.16 Å². The number of hydrogen-bond acceptors (Lipinski definition) is 3. The van der Waals surface area contributed by atoms with E-state index in [-0.39, 0.29) is 10.9 Å². The molecule has 0 radical (unpaired) electrons. The van der Waals surface area contributed by atoms with Crippen LogP contribution in [0.4, 0.5) is 26.3 Å². The number of aromatic nitrogens is 2. The third kappa shape index (κ3) is 4.36. The Balaban J connectivity index is 2.11. The Hall–Kier alpha value is -1.77. The van der Waals surface area contributed by atoms with Crippen molar-refractivity contribution in [3.63, 3.8) is 0 Å². The number of alkyl halides is 6. The molecule has 0 saturated carbocycles. The molecule has 0 aliphatic rings. The quantitative estimate of drug-likeness (QED) is 0.456. The van der Waals surface area contributed by atoms with Crippen molar-refractivity contribution in [1.29, 1.82) is 0 Å². The topological polar surface area (TPSA) is 25.8 Å². The molecule has 0 N–H and O–H groups in total. The van der Waals surface area contributed by atoms with Gasteiger partial charge in [0.2, 0.25) is 0 Å². The van der Waals surface area contributed by atoms with Gasteiger partial charge in [-0.3, -0.25) is 0 Å². The van der Waals surface area contributed by atoms with Gasteiger partial charge in [0, 0.05) is 11.9 Å². The third-order valence-electron chi connectivity index (χ3n) is 2.55. The second kappa shape index (κ2) is 6.15. The molecule has 0 saturated heterocycles. The lowest BCUT2D eigenvalue weighted by Crippen LogP contribution is -2.08. The zero-order chi connectivity index (χ0) is 16.4. The van der Waals surface area contributed by atoms with E-state index in [1.165, 1.54) is 12.1 Å². The van der Waals surface area contributed by atoms with Gasteiger partial charge in [-0.2, -0.15) is 26.3 Å². The van der Waals surface area contributed by atoms with E-state index in [0.717, 1.165) is 36.2 Å². The zero-order valence-electron chi connectivity index (χ0n) is 10.7. The highest BCUT2D eigenvalue weighted by Crippen LogP contribution is 2.31. The second-order valence-corrected chi connectivity index (χ2v) is 5.15. The van der Waals surface area contributed by atoms with E-state index < -0.39 is 23.6 Å². The molecule has 1 aromatic carbocycles. The van der Waals surface area contributed by atoms with Crippen LogP contribution in [0, 0.1) is 0 Å². The summed E-state index contributed by atoms with van der Waals surface area (Å²) in [6.07, 6.45) is -8.09. The van der Waals surface area contributed by atoms with Gasteiger partial charge in [-0.05, 0) is 17.7 Å². The molecule has 1 aromatic heterocycles. The maximum atomic E-state index is 12.6. The summed E-state index contributed by atoms with van der Waals surface area (Å²) in [5, 5.41) is -0.146. The van der Waals surface area contributed by atoms with E-state index in [4.69, 9.17) is 0 Å². The van der Waals surface area contributed by atoms with Crippen molar-refractivity contribution in [1.82, 2.24) is 9.97 Å². The highest BCUT2D eigenvalue weighted by molar-refractivity contribution is 7.98. The van der Waals surface area contributed by atoms with Crippen LogP contribution in [0.2, 0.25) is 0 Å². The van der Waals surface area contributed by atoms with Crippen molar-refractivity contribution in [3.05, 3.63) is 53.3 Å². The Morgan fingerprint density at radius 1 is 0.955 bits per heavy atom. The maximum absolute atomic E-state index is 12.6. The van der Waals surface area contributed by atoms with Crippen LogP contribution in [-0.4, -0.2) is 9.97 Å². The second-order valence-electron chi connectivity index (χ2n) is 4.21. The maximum Gasteiger partial charge on any atom is 0.433 e. The molecule has 0 aliphatic carbocycles. The highest BCUT2D eigenvalue weighted by Gasteiger charge is 2.33. The molecular formula is C13H8F6N2S. The Morgan fingerprint density at radius 3 is 2.32 bits per heavy atom. The highest BCUT2D eigenvalue weighted by atomic mass is 32.2. The molecule has 2 nitrogen and oxygen atoms in total. The van der Waals surface area contributed by atoms with Crippen molar-refractivity contribution in [2.75, 3.05) is 0 Å². The minimum absolute atomic E-state index is 0.0330. The van der Waals surface area contributed by atoms with Gasteiger partial charge >= 0.3 is 12.4 Å². The molecule has 0 bridgehead atoms. The number of benzene rings is 1. The molecule has 2 aromatic rings. The predicted octanol–water partition coefficient (Wildman–Crippen LogP) is 4.81. The van der Waals surface area contributed by atoms with Crippen LogP contribution in [0.3, 0.4) is 0 Å². The number of rotatable bonds is 3. The Labute approximate surface area is 125 Å². The largest absolute Gasteiger partial charge is 0.433 e. The summed E-state index contributed by atoms with van der Waals surface area (Å²) < 4.78 is 75.1. The average Bonchev–Trinajstić information content (AvgIpc) is 2.44. The standard InChI is InChI=1S/C13H8F6N2S/c14-12(15,16)9-3-1-2-8(6-9)7-22-11-20-5-4-10(21-11)13(17,18)19/h1-6H,7H2. The molecule has 2 rings (SSSR count). The third-order valence-corrected chi connectivity index (χ3v) is 3.48. The first-order chi connectivity index (χ1) is 10.2. The molecule has 9 heteroatoms. The summed E-state index contributed by atoms with van der Waals surface area (Å²) in [7, 11) is 0.